The van der Waals surface area contributed by atoms with Crippen molar-refractivity contribution >= 4 is 34.9 Å². The van der Waals surface area contributed by atoms with Gasteiger partial charge in [-0.25, -0.2) is 4.79 Å². The summed E-state index contributed by atoms with van der Waals surface area (Å²) in [5, 5.41) is 15.9. The smallest absolute Gasteiger partial charge is 0.321 e. The molecule has 0 atom stereocenters. The largest absolute Gasteiger partial charge is 0.322 e. The first kappa shape index (κ1) is 20.6. The number of carbonyl (C=O) groups excluding carboxylic acids is 1. The number of aryl methyl sites for hydroxylation is 1. The van der Waals surface area contributed by atoms with Gasteiger partial charge >= 0.3 is 6.03 Å². The summed E-state index contributed by atoms with van der Waals surface area (Å²) in [7, 11) is 0. The van der Waals surface area contributed by atoms with Gasteiger partial charge in [0.2, 0.25) is 0 Å². The van der Waals surface area contributed by atoms with Crippen LogP contribution < -0.4 is 5.32 Å². The maximum absolute atomic E-state index is 12.5. The molecule has 1 N–H and O–H groups in total. The van der Waals surface area contributed by atoms with Gasteiger partial charge in [0, 0.05) is 31.9 Å². The van der Waals surface area contributed by atoms with Gasteiger partial charge in [-0.2, -0.15) is 4.68 Å². The molecule has 0 unspecified atom stereocenters. The van der Waals surface area contributed by atoms with Crippen molar-refractivity contribution in [3.63, 3.8) is 0 Å². The number of halogens is 2. The average molecular weight is 446 g/mol. The lowest BCUT2D eigenvalue weighted by molar-refractivity contribution is 0.140. The second kappa shape index (κ2) is 8.99. The summed E-state index contributed by atoms with van der Waals surface area (Å²) >= 11 is 11.9. The first-order valence-corrected chi connectivity index (χ1v) is 10.3. The Balaban J connectivity index is 1.33. The summed E-state index contributed by atoms with van der Waals surface area (Å²) in [5.41, 5.74) is 2.73. The molecule has 1 aliphatic heterocycles. The molecule has 2 heterocycles. The van der Waals surface area contributed by atoms with Crippen molar-refractivity contribution in [3.05, 3.63) is 63.9 Å². The zero-order valence-corrected chi connectivity index (χ0v) is 17.9. The van der Waals surface area contributed by atoms with Crippen molar-refractivity contribution in [2.75, 3.05) is 31.5 Å². The highest BCUT2D eigenvalue weighted by molar-refractivity contribution is 6.42. The SMILES string of the molecule is Cc1ccc(-n2nnnc2CN2CCN(C(=O)Nc3ccc(Cl)c(Cl)c3)CC2)cc1. The number of anilines is 1. The van der Waals surface area contributed by atoms with Gasteiger partial charge in [-0.15, -0.1) is 5.10 Å². The van der Waals surface area contributed by atoms with Crippen LogP contribution in [0, 0.1) is 6.92 Å². The number of urea groups is 1. The summed E-state index contributed by atoms with van der Waals surface area (Å²) in [6.07, 6.45) is 0. The Morgan fingerprint density at radius 2 is 1.77 bits per heavy atom. The third kappa shape index (κ3) is 4.72. The maximum atomic E-state index is 12.5. The van der Waals surface area contributed by atoms with Crippen LogP contribution in [0.2, 0.25) is 10.0 Å². The first-order chi connectivity index (χ1) is 14.5. The van der Waals surface area contributed by atoms with Crippen LogP contribution in [-0.2, 0) is 6.54 Å². The van der Waals surface area contributed by atoms with Crippen LogP contribution in [0.25, 0.3) is 5.69 Å². The molecule has 3 aromatic rings. The average Bonchev–Trinajstić information content (AvgIpc) is 3.20. The van der Waals surface area contributed by atoms with E-state index in [9.17, 15) is 4.79 Å². The summed E-state index contributed by atoms with van der Waals surface area (Å²) in [6.45, 7) is 5.34. The number of nitrogens with zero attached hydrogens (tertiary/aromatic N) is 6. The lowest BCUT2D eigenvalue weighted by atomic mass is 10.2. The Hall–Kier alpha value is -2.68. The summed E-state index contributed by atoms with van der Waals surface area (Å²) in [6, 6.07) is 12.9. The summed E-state index contributed by atoms with van der Waals surface area (Å²) in [5.74, 6) is 0.771. The number of carbonyl (C=O) groups is 1. The van der Waals surface area contributed by atoms with Crippen molar-refractivity contribution in [3.8, 4) is 5.69 Å². The third-order valence-electron chi connectivity index (χ3n) is 5.01. The van der Waals surface area contributed by atoms with Gasteiger partial charge in [-0.1, -0.05) is 40.9 Å². The van der Waals surface area contributed by atoms with E-state index in [0.29, 0.717) is 35.4 Å². The molecule has 1 saturated heterocycles. The fraction of sp³-hybridized carbons (Fsp3) is 0.300. The number of tetrazole rings is 1. The van der Waals surface area contributed by atoms with E-state index in [2.05, 4.69) is 25.7 Å². The van der Waals surface area contributed by atoms with Crippen LogP contribution in [0.3, 0.4) is 0 Å². The normalized spacial score (nSPS) is 14.7. The lowest BCUT2D eigenvalue weighted by Crippen LogP contribution is -2.49. The standard InChI is InChI=1S/C20H21Cl2N7O/c1-14-2-5-16(6-3-14)29-19(24-25-26-29)13-27-8-10-28(11-9-27)20(30)23-15-4-7-17(21)18(22)12-15/h2-7,12H,8-11,13H2,1H3,(H,23,30). The van der Waals surface area contributed by atoms with Crippen LogP contribution in [0.4, 0.5) is 10.5 Å². The van der Waals surface area contributed by atoms with E-state index in [1.807, 2.05) is 31.2 Å². The number of amides is 2. The van der Waals surface area contributed by atoms with Gasteiger partial charge in [-0.05, 0) is 47.7 Å². The van der Waals surface area contributed by atoms with Gasteiger partial charge in [0.1, 0.15) is 0 Å². The van der Waals surface area contributed by atoms with Crippen LogP contribution in [0.5, 0.6) is 0 Å². The highest BCUT2D eigenvalue weighted by atomic mass is 35.5. The maximum Gasteiger partial charge on any atom is 0.321 e. The molecular weight excluding hydrogens is 425 g/mol. The van der Waals surface area contributed by atoms with Gasteiger partial charge in [0.25, 0.3) is 0 Å². The summed E-state index contributed by atoms with van der Waals surface area (Å²) < 4.78 is 1.75. The molecule has 1 aliphatic rings. The summed E-state index contributed by atoms with van der Waals surface area (Å²) in [4.78, 5) is 16.6. The fourth-order valence-electron chi connectivity index (χ4n) is 3.28. The molecule has 10 heteroatoms. The van der Waals surface area contributed by atoms with Crippen molar-refractivity contribution < 1.29 is 4.79 Å². The van der Waals surface area contributed by atoms with Crippen LogP contribution in [0.15, 0.2) is 42.5 Å². The molecule has 4 rings (SSSR count). The van der Waals surface area contributed by atoms with Gasteiger partial charge < -0.3 is 10.2 Å². The molecule has 8 nitrogen and oxygen atoms in total. The van der Waals surface area contributed by atoms with Crippen LogP contribution >= 0.6 is 23.2 Å². The Bertz CT molecular complexity index is 1030. The van der Waals surface area contributed by atoms with E-state index >= 15 is 0 Å². The fourth-order valence-corrected chi connectivity index (χ4v) is 3.57. The second-order valence-electron chi connectivity index (χ2n) is 7.16. The molecule has 0 bridgehead atoms. The number of hydrogen-bond donors (Lipinski definition) is 1. The molecule has 2 aromatic carbocycles. The van der Waals surface area contributed by atoms with Crippen molar-refractivity contribution in [1.29, 1.82) is 0 Å². The predicted octanol–water partition coefficient (Wildman–Crippen LogP) is 3.63. The van der Waals surface area contributed by atoms with Crippen LogP contribution in [0.1, 0.15) is 11.4 Å². The van der Waals surface area contributed by atoms with E-state index in [-0.39, 0.29) is 6.03 Å². The zero-order valence-electron chi connectivity index (χ0n) is 16.4. The highest BCUT2D eigenvalue weighted by Gasteiger charge is 2.23. The number of rotatable bonds is 4. The molecule has 156 valence electrons. The topological polar surface area (TPSA) is 79.2 Å². The van der Waals surface area contributed by atoms with Crippen molar-refractivity contribution in [2.24, 2.45) is 0 Å². The molecular formula is C20H21Cl2N7O. The number of piperazine rings is 1. The third-order valence-corrected chi connectivity index (χ3v) is 5.75. The highest BCUT2D eigenvalue weighted by Crippen LogP contribution is 2.25. The van der Waals surface area contributed by atoms with Crippen molar-refractivity contribution in [1.82, 2.24) is 30.0 Å². The molecule has 2 amide bonds. The van der Waals surface area contributed by atoms with Gasteiger partial charge in [0.15, 0.2) is 5.82 Å². The Labute approximate surface area is 184 Å². The number of hydrogen-bond acceptors (Lipinski definition) is 5. The zero-order chi connectivity index (χ0) is 21.1. The first-order valence-electron chi connectivity index (χ1n) is 9.57. The van der Waals surface area contributed by atoms with Crippen molar-refractivity contribution in [2.45, 2.75) is 13.5 Å². The second-order valence-corrected chi connectivity index (χ2v) is 7.98. The van der Waals surface area contributed by atoms with E-state index in [0.717, 1.165) is 24.6 Å². The van der Waals surface area contributed by atoms with Gasteiger partial charge in [0.05, 0.1) is 22.3 Å². The molecule has 1 aromatic heterocycles. The van der Waals surface area contributed by atoms with E-state index < -0.39 is 0 Å². The number of nitrogens with one attached hydrogen (secondary N) is 1. The molecule has 0 saturated carbocycles. The van der Waals surface area contributed by atoms with E-state index in [1.54, 1.807) is 27.8 Å². The Kier molecular flexibility index (Phi) is 6.17. The Morgan fingerprint density at radius 3 is 2.47 bits per heavy atom. The number of aromatic nitrogens is 4. The molecule has 0 aliphatic carbocycles. The quantitative estimate of drug-likeness (QED) is 0.662. The van der Waals surface area contributed by atoms with E-state index in [4.69, 9.17) is 23.2 Å². The van der Waals surface area contributed by atoms with Gasteiger partial charge in [-0.3, -0.25) is 4.90 Å². The van der Waals surface area contributed by atoms with E-state index in [1.165, 1.54) is 5.56 Å². The molecule has 30 heavy (non-hydrogen) atoms. The lowest BCUT2D eigenvalue weighted by Gasteiger charge is -2.34. The monoisotopic (exact) mass is 445 g/mol. The predicted molar refractivity (Wildman–Crippen MR) is 116 cm³/mol. The molecule has 0 spiro atoms. The molecule has 0 radical (unpaired) electrons. The minimum atomic E-state index is -0.155. The minimum absolute atomic E-state index is 0.155. The number of benzene rings is 2. The molecule has 1 fully saturated rings. The Morgan fingerprint density at radius 1 is 1.03 bits per heavy atom. The minimum Gasteiger partial charge on any atom is -0.322 e. The van der Waals surface area contributed by atoms with Crippen LogP contribution in [-0.4, -0.2) is 62.2 Å².